The molecule has 13 heteroatoms. The molecule has 3 aromatic rings. The van der Waals surface area contributed by atoms with E-state index in [2.05, 4.69) is 6.07 Å². The summed E-state index contributed by atoms with van der Waals surface area (Å²) in [6, 6.07) is 18.8. The van der Waals surface area contributed by atoms with Gasteiger partial charge in [-0.3, -0.25) is 14.8 Å². The lowest BCUT2D eigenvalue weighted by Crippen LogP contribution is -2.54. The first kappa shape index (κ1) is 33.5. The van der Waals surface area contributed by atoms with E-state index in [-0.39, 0.29) is 17.3 Å². The van der Waals surface area contributed by atoms with Crippen molar-refractivity contribution in [2.24, 2.45) is 4.99 Å². The number of urea groups is 1. The van der Waals surface area contributed by atoms with Crippen LogP contribution in [0.1, 0.15) is 41.3 Å². The average molecular weight is 685 g/mol. The predicted molar refractivity (Wildman–Crippen MR) is 179 cm³/mol. The van der Waals surface area contributed by atoms with Crippen LogP contribution in [0, 0.1) is 11.3 Å². The van der Waals surface area contributed by atoms with Crippen molar-refractivity contribution >= 4 is 44.9 Å². The van der Waals surface area contributed by atoms with E-state index in [0.29, 0.717) is 72.3 Å². The zero-order valence-corrected chi connectivity index (χ0v) is 28.1. The highest BCUT2D eigenvalue weighted by atomic mass is 35.5. The van der Waals surface area contributed by atoms with Gasteiger partial charge in [-0.25, -0.2) is 13.2 Å². The summed E-state index contributed by atoms with van der Waals surface area (Å²) in [7, 11) is -1.62. The number of methoxy groups -OCH3 is 1. The normalized spacial score (nSPS) is 18.7. The van der Waals surface area contributed by atoms with Crippen molar-refractivity contribution in [1.29, 1.82) is 5.26 Å². The number of benzene rings is 3. The van der Waals surface area contributed by atoms with Crippen LogP contribution in [0.5, 0.6) is 11.5 Å². The van der Waals surface area contributed by atoms with Gasteiger partial charge in [0.25, 0.3) is 0 Å². The van der Waals surface area contributed by atoms with Gasteiger partial charge < -0.3 is 14.4 Å². The summed E-state index contributed by atoms with van der Waals surface area (Å²) < 4.78 is 35.0. The minimum atomic E-state index is -3.11. The molecule has 2 aliphatic rings. The van der Waals surface area contributed by atoms with Gasteiger partial charge in [-0.05, 0) is 48.4 Å². The Bertz CT molecular complexity index is 1750. The van der Waals surface area contributed by atoms with Gasteiger partial charge in [0.2, 0.25) is 0 Å². The van der Waals surface area contributed by atoms with Crippen molar-refractivity contribution < 1.29 is 22.7 Å². The van der Waals surface area contributed by atoms with Crippen molar-refractivity contribution in [2.45, 2.75) is 19.0 Å². The zero-order valence-electron chi connectivity index (χ0n) is 25.8. The van der Waals surface area contributed by atoms with Gasteiger partial charge in [0.05, 0.1) is 36.6 Å². The number of aliphatic imine (C=N–C) groups is 1. The summed E-state index contributed by atoms with van der Waals surface area (Å²) in [5.74, 6) is 1.18. The summed E-state index contributed by atoms with van der Waals surface area (Å²) in [4.78, 5) is 25.4. The number of amides is 2. The minimum Gasteiger partial charge on any atom is -0.495 e. The first-order valence-corrected chi connectivity index (χ1v) is 17.7. The first-order chi connectivity index (χ1) is 22.0. The molecule has 0 spiro atoms. The molecule has 2 aliphatic heterocycles. The molecule has 10 nitrogen and oxygen atoms in total. The lowest BCUT2D eigenvalue weighted by Gasteiger charge is -2.39. The smallest absolute Gasteiger partial charge is 0.326 e. The Morgan fingerprint density at radius 2 is 1.59 bits per heavy atom. The summed E-state index contributed by atoms with van der Waals surface area (Å²) in [5.41, 5.74) is 2.41. The number of hydrogen-bond acceptors (Lipinski definition) is 8. The Morgan fingerprint density at radius 1 is 0.978 bits per heavy atom. The third-order valence-corrected chi connectivity index (χ3v) is 9.51. The summed E-state index contributed by atoms with van der Waals surface area (Å²) in [5, 5.41) is 11.1. The Morgan fingerprint density at radius 3 is 2.13 bits per heavy atom. The number of ether oxygens (including phenoxy) is 2. The molecule has 0 unspecified atom stereocenters. The number of halogens is 2. The lowest BCUT2D eigenvalue weighted by atomic mass is 9.93. The number of hydrogen-bond donors (Lipinski definition) is 0. The summed E-state index contributed by atoms with van der Waals surface area (Å²) >= 11 is 12.5. The van der Waals surface area contributed by atoms with Crippen molar-refractivity contribution in [3.63, 3.8) is 0 Å². The number of carbonyl (C=O) groups is 1. The number of rotatable bonds is 9. The molecule has 5 rings (SSSR count). The summed E-state index contributed by atoms with van der Waals surface area (Å²) in [6.07, 6.45) is 1.22. The van der Waals surface area contributed by atoms with Gasteiger partial charge in [0, 0.05) is 55.1 Å². The molecule has 1 fully saturated rings. The Kier molecular flexibility index (Phi) is 10.4. The number of nitrogens with zero attached hydrogens (tertiary/aromatic N) is 5. The highest BCUT2D eigenvalue weighted by molar-refractivity contribution is 7.90. The molecule has 242 valence electrons. The third kappa shape index (κ3) is 7.42. The fourth-order valence-corrected chi connectivity index (χ4v) is 6.57. The molecule has 2 amide bonds. The molecular formula is C33H35Cl2N5O5S. The number of amidine groups is 1. The van der Waals surface area contributed by atoms with Crippen molar-refractivity contribution in [1.82, 2.24) is 14.7 Å². The number of piperazine rings is 1. The van der Waals surface area contributed by atoms with Crippen LogP contribution in [0.3, 0.4) is 0 Å². The lowest BCUT2D eigenvalue weighted by molar-refractivity contribution is 0.122. The van der Waals surface area contributed by atoms with E-state index in [1.165, 1.54) is 13.4 Å². The maximum absolute atomic E-state index is 14.7. The van der Waals surface area contributed by atoms with E-state index in [0.717, 1.165) is 11.1 Å². The molecule has 46 heavy (non-hydrogen) atoms. The van der Waals surface area contributed by atoms with E-state index in [4.69, 9.17) is 37.7 Å². The molecule has 1 saturated heterocycles. The highest BCUT2D eigenvalue weighted by Gasteiger charge is 2.45. The predicted octanol–water partition coefficient (Wildman–Crippen LogP) is 5.60. The van der Waals surface area contributed by atoms with Crippen LogP contribution in [0.4, 0.5) is 4.79 Å². The first-order valence-electron chi connectivity index (χ1n) is 14.8. The monoisotopic (exact) mass is 683 g/mol. The van der Waals surface area contributed by atoms with Crippen LogP contribution in [-0.2, 0) is 9.84 Å². The van der Waals surface area contributed by atoms with Gasteiger partial charge in [-0.2, -0.15) is 5.26 Å². The summed E-state index contributed by atoms with van der Waals surface area (Å²) in [6.45, 7) is 4.44. The third-order valence-electron chi connectivity index (χ3n) is 8.08. The Hall–Kier alpha value is -3.82. The number of nitriles is 1. The molecule has 2 heterocycles. The fraction of sp³-hybridized carbons (Fsp3) is 0.364. The maximum Gasteiger partial charge on any atom is 0.326 e. The topological polar surface area (TPSA) is 116 Å². The maximum atomic E-state index is 14.7. The number of carbonyl (C=O) groups excluding carboxylic acids is 1. The second-order valence-electron chi connectivity index (χ2n) is 11.2. The van der Waals surface area contributed by atoms with E-state index in [1.807, 2.05) is 36.1 Å². The zero-order chi connectivity index (χ0) is 33.0. The van der Waals surface area contributed by atoms with Crippen molar-refractivity contribution in [2.75, 3.05) is 58.4 Å². The SMILES string of the molecule is CCOc1cc(OC)c(C#N)cc1C1=N[C@@H](c2ccc(Cl)cc2)[C@@H](c2ccc(Cl)cc2)N1C(=O)N1CCN(CCS(C)(=O)=O)CC1. The van der Waals surface area contributed by atoms with Crippen molar-refractivity contribution in [3.8, 4) is 17.6 Å². The van der Waals surface area contributed by atoms with Gasteiger partial charge in [-0.15, -0.1) is 0 Å². The largest absolute Gasteiger partial charge is 0.495 e. The fourth-order valence-electron chi connectivity index (χ4n) is 5.73. The standard InChI is InChI=1S/C33H35Cl2N5O5S/c1-4-45-29-20-28(44-2)24(21-36)19-27(29)32-37-30(22-5-9-25(34)10-6-22)31(23-7-11-26(35)12-8-23)40(32)33(41)39-15-13-38(14-16-39)17-18-46(3,42)43/h5-12,19-20,30-31H,4,13-18H2,1-3H3/t30-,31+/m0/s1. The molecule has 0 aromatic heterocycles. The van der Waals surface area contributed by atoms with Crippen LogP contribution in [-0.4, -0.2) is 93.4 Å². The van der Waals surface area contributed by atoms with Crippen LogP contribution >= 0.6 is 23.2 Å². The average Bonchev–Trinajstić information content (AvgIpc) is 3.44. The van der Waals surface area contributed by atoms with Gasteiger partial charge in [0.15, 0.2) is 0 Å². The van der Waals surface area contributed by atoms with Crippen molar-refractivity contribution in [3.05, 3.63) is 93.0 Å². The highest BCUT2D eigenvalue weighted by Crippen LogP contribution is 2.46. The molecule has 2 atom stereocenters. The van der Waals surface area contributed by atoms with E-state index in [1.54, 1.807) is 46.2 Å². The quantitative estimate of drug-likeness (QED) is 0.288. The second kappa shape index (κ2) is 14.3. The minimum absolute atomic E-state index is 0.0597. The molecule has 0 radical (unpaired) electrons. The number of sulfone groups is 1. The molecular weight excluding hydrogens is 649 g/mol. The molecule has 0 bridgehead atoms. The van der Waals surface area contributed by atoms with E-state index < -0.39 is 21.9 Å². The van der Waals surface area contributed by atoms with E-state index >= 15 is 0 Å². The van der Waals surface area contributed by atoms with Crippen LogP contribution in [0.25, 0.3) is 0 Å². The van der Waals surface area contributed by atoms with Gasteiger partial charge >= 0.3 is 6.03 Å². The molecule has 0 saturated carbocycles. The van der Waals surface area contributed by atoms with E-state index in [9.17, 15) is 18.5 Å². The van der Waals surface area contributed by atoms with Gasteiger partial charge in [-0.1, -0.05) is 47.5 Å². The Labute approximate surface area is 279 Å². The van der Waals surface area contributed by atoms with Crippen LogP contribution in [0.2, 0.25) is 10.0 Å². The van der Waals surface area contributed by atoms with Gasteiger partial charge in [0.1, 0.15) is 39.3 Å². The molecule has 0 aliphatic carbocycles. The molecule has 0 N–H and O–H groups in total. The Balaban J connectivity index is 1.62. The van der Waals surface area contributed by atoms with Crippen LogP contribution in [0.15, 0.2) is 65.7 Å². The second-order valence-corrected chi connectivity index (χ2v) is 14.3. The molecule has 3 aromatic carbocycles. The van der Waals surface area contributed by atoms with Crippen LogP contribution < -0.4 is 9.47 Å².